The highest BCUT2D eigenvalue weighted by Crippen LogP contribution is 2.37. The second-order valence-electron chi connectivity index (χ2n) is 12.9. The zero-order chi connectivity index (χ0) is 40.4. The molecule has 0 atom stereocenters. The maximum Gasteiger partial charge on any atom is 0.192 e. The molecule has 0 aliphatic carbocycles. The van der Waals surface area contributed by atoms with Gasteiger partial charge in [-0.1, -0.05) is 51.8 Å². The summed E-state index contributed by atoms with van der Waals surface area (Å²) in [6, 6.07) is 51.3. The maximum atomic E-state index is 6.73. The molecule has 0 fully saturated rings. The van der Waals surface area contributed by atoms with E-state index < -0.39 is 0 Å². The van der Waals surface area contributed by atoms with E-state index >= 15 is 0 Å². The van der Waals surface area contributed by atoms with Gasteiger partial charge in [0.15, 0.2) is 17.1 Å². The molecule has 0 unspecified atom stereocenters. The van der Waals surface area contributed by atoms with E-state index in [4.69, 9.17) is 42.1 Å². The first kappa shape index (κ1) is 39.4. The van der Waals surface area contributed by atoms with Gasteiger partial charge in [-0.15, -0.1) is 0 Å². The number of rotatable bonds is 10. The molecule has 8 heteroatoms. The summed E-state index contributed by atoms with van der Waals surface area (Å²) < 4.78 is 21.5. The molecule has 0 spiro atoms. The molecule has 0 aliphatic rings. The van der Waals surface area contributed by atoms with Crippen molar-refractivity contribution in [2.45, 2.75) is 0 Å². The number of benzene rings is 7. The van der Waals surface area contributed by atoms with Crippen molar-refractivity contribution in [2.75, 3.05) is 33.3 Å². The summed E-state index contributed by atoms with van der Waals surface area (Å²) in [6.45, 7) is 0. The Morgan fingerprint density at radius 3 is 0.983 bits per heavy atom. The Morgan fingerprint density at radius 1 is 0.379 bits per heavy atom. The van der Waals surface area contributed by atoms with E-state index in [9.17, 15) is 0 Å². The molecule has 0 heterocycles. The van der Waals surface area contributed by atoms with Crippen LogP contribution in [0.4, 0.5) is 34.1 Å². The molecule has 7 rings (SSSR count). The lowest BCUT2D eigenvalue weighted by molar-refractivity contribution is 0.414. The highest BCUT2D eigenvalue weighted by molar-refractivity contribution is 6.34. The number of hydrogen-bond acceptors (Lipinski definition) is 6. The van der Waals surface area contributed by atoms with Crippen molar-refractivity contribution in [2.24, 2.45) is 0 Å². The van der Waals surface area contributed by atoms with Crippen molar-refractivity contribution < 1.29 is 18.9 Å². The van der Waals surface area contributed by atoms with Crippen LogP contribution in [0.15, 0.2) is 158 Å². The molecule has 0 bridgehead atoms. The lowest BCUT2D eigenvalue weighted by Gasteiger charge is -2.25. The molecule has 6 nitrogen and oxygen atoms in total. The van der Waals surface area contributed by atoms with Crippen LogP contribution in [0.3, 0.4) is 0 Å². The number of halogens is 2. The number of ether oxygens (including phenoxy) is 4. The highest BCUT2D eigenvalue weighted by Gasteiger charge is 2.26. The monoisotopic (exact) mass is 800 g/mol. The summed E-state index contributed by atoms with van der Waals surface area (Å²) in [5.74, 6) is 16.0. The second-order valence-corrected chi connectivity index (χ2v) is 13.7. The van der Waals surface area contributed by atoms with Gasteiger partial charge in [-0.2, -0.15) is 0 Å². The lowest BCUT2D eigenvalue weighted by Crippen LogP contribution is -2.11. The molecule has 0 aromatic heterocycles. The van der Waals surface area contributed by atoms with Crippen LogP contribution in [-0.4, -0.2) is 28.4 Å². The van der Waals surface area contributed by atoms with Crippen LogP contribution < -0.4 is 28.7 Å². The molecule has 285 valence electrons. The standard InChI is InChI=1S/C50H38Cl2N2O4/c1-55-45-25-17-41(18-26-45)53(42-19-27-46(56-2)28-20-42)39-13-7-35(8-14-39)5-11-37-33-50(52)38(34-49(37)51)12-6-36-9-15-40(16-10-36)54(43-21-29-47(57-3)30-22-43)44-23-31-48(58-4)32-24-44/h7-10,13-34H,1-4H3/q+1. The van der Waals surface area contributed by atoms with Crippen LogP contribution in [0.25, 0.3) is 0 Å². The van der Waals surface area contributed by atoms with E-state index in [1.807, 2.05) is 146 Å². The van der Waals surface area contributed by atoms with Gasteiger partial charge in [0.05, 0.1) is 38.5 Å². The van der Waals surface area contributed by atoms with E-state index in [1.54, 1.807) is 40.6 Å². The molecule has 58 heavy (non-hydrogen) atoms. The third-order valence-electron chi connectivity index (χ3n) is 9.31. The smallest absolute Gasteiger partial charge is 0.192 e. The largest absolute Gasteiger partial charge is 0.497 e. The summed E-state index contributed by atoms with van der Waals surface area (Å²) in [4.78, 5) is 4.31. The van der Waals surface area contributed by atoms with Gasteiger partial charge in [0.1, 0.15) is 23.0 Å². The molecular weight excluding hydrogens is 763 g/mol. The number of hydrogen-bond donors (Lipinski definition) is 0. The Morgan fingerprint density at radius 2 is 0.655 bits per heavy atom. The number of nitrogens with zero attached hydrogens (tertiary/aromatic N) is 2. The van der Waals surface area contributed by atoms with Crippen LogP contribution in [0.5, 0.6) is 23.0 Å². The van der Waals surface area contributed by atoms with Gasteiger partial charge < -0.3 is 23.8 Å². The predicted octanol–water partition coefficient (Wildman–Crippen LogP) is 12.7. The van der Waals surface area contributed by atoms with Crippen LogP contribution in [-0.2, 0) is 0 Å². The number of methoxy groups -OCH3 is 4. The van der Waals surface area contributed by atoms with E-state index in [-0.39, 0.29) is 0 Å². The first-order chi connectivity index (χ1) is 28.3. The fourth-order valence-corrected chi connectivity index (χ4v) is 6.65. The summed E-state index contributed by atoms with van der Waals surface area (Å²) >= 11 is 13.5. The molecule has 1 radical (unpaired) electrons. The molecule has 0 amide bonds. The minimum Gasteiger partial charge on any atom is -0.497 e. The fraction of sp³-hybridized carbons (Fsp3) is 0.0800. The first-order valence-corrected chi connectivity index (χ1v) is 19.0. The van der Waals surface area contributed by atoms with Crippen molar-refractivity contribution in [1.29, 1.82) is 0 Å². The van der Waals surface area contributed by atoms with Gasteiger partial charge in [0.25, 0.3) is 0 Å². The van der Waals surface area contributed by atoms with E-state index in [0.29, 0.717) is 21.2 Å². The molecule has 0 N–H and O–H groups in total. The maximum absolute atomic E-state index is 6.73. The first-order valence-electron chi connectivity index (χ1n) is 18.3. The molecule has 0 saturated carbocycles. The zero-order valence-electron chi connectivity index (χ0n) is 32.3. The quantitative estimate of drug-likeness (QED) is 0.102. The van der Waals surface area contributed by atoms with Crippen molar-refractivity contribution in [3.63, 3.8) is 0 Å². The summed E-state index contributed by atoms with van der Waals surface area (Å²) in [5, 5.41) is 0.931. The SMILES string of the molecule is COc1ccc(N(c2ccc(C#Cc3cc(Cl)c(C#Cc4ccc([N+](c5ccc(OC)cc5)c5ccc(OC)cc5)cc4)cc3Cl)cc2)c2ccc(OC)cc2)cc1. The van der Waals surface area contributed by atoms with Gasteiger partial charge in [-0.25, -0.2) is 0 Å². The molecule has 7 aromatic rings. The van der Waals surface area contributed by atoms with Crippen LogP contribution in [0.2, 0.25) is 10.0 Å². The summed E-state index contributed by atoms with van der Waals surface area (Å²) in [5.41, 5.74) is 8.72. The highest BCUT2D eigenvalue weighted by atomic mass is 35.5. The summed E-state index contributed by atoms with van der Waals surface area (Å²) in [7, 11) is 6.63. The fourth-order valence-electron chi connectivity index (χ4n) is 6.22. The third kappa shape index (κ3) is 9.24. The Balaban J connectivity index is 1.09. The van der Waals surface area contributed by atoms with Gasteiger partial charge in [0, 0.05) is 75.7 Å². The molecule has 7 aromatic carbocycles. The minimum atomic E-state index is 0.466. The van der Waals surface area contributed by atoms with Gasteiger partial charge in [-0.05, 0) is 121 Å². The van der Waals surface area contributed by atoms with Crippen LogP contribution in [0.1, 0.15) is 22.3 Å². The average Bonchev–Trinajstić information content (AvgIpc) is 3.28. The van der Waals surface area contributed by atoms with Crippen molar-refractivity contribution in [1.82, 2.24) is 4.90 Å². The van der Waals surface area contributed by atoms with Gasteiger partial charge in [-0.3, -0.25) is 0 Å². The van der Waals surface area contributed by atoms with Gasteiger partial charge in [0.2, 0.25) is 0 Å². The van der Waals surface area contributed by atoms with E-state index in [0.717, 1.165) is 68.2 Å². The van der Waals surface area contributed by atoms with Gasteiger partial charge >= 0.3 is 0 Å². The Kier molecular flexibility index (Phi) is 12.5. The van der Waals surface area contributed by atoms with E-state index in [2.05, 4.69) is 33.5 Å². The Labute approximate surface area is 349 Å². The summed E-state index contributed by atoms with van der Waals surface area (Å²) in [6.07, 6.45) is 0. The average molecular weight is 802 g/mol. The zero-order valence-corrected chi connectivity index (χ0v) is 33.8. The van der Waals surface area contributed by atoms with E-state index in [1.165, 1.54) is 0 Å². The van der Waals surface area contributed by atoms with Crippen molar-refractivity contribution >= 4 is 57.3 Å². The Hall–Kier alpha value is -6.80. The Bertz CT molecular complexity index is 2320. The normalized spacial score (nSPS) is 10.5. The molecular formula is C50H38Cl2N2O4+. The van der Waals surface area contributed by atoms with Crippen LogP contribution in [0, 0.1) is 23.7 Å². The van der Waals surface area contributed by atoms with Crippen LogP contribution >= 0.6 is 23.2 Å². The number of anilines is 6. The third-order valence-corrected chi connectivity index (χ3v) is 9.94. The second kappa shape index (κ2) is 18.4. The minimum absolute atomic E-state index is 0.466. The predicted molar refractivity (Wildman–Crippen MR) is 236 cm³/mol. The lowest BCUT2D eigenvalue weighted by atomic mass is 10.1. The topological polar surface area (TPSA) is 46.1 Å². The van der Waals surface area contributed by atoms with Crippen molar-refractivity contribution in [3.8, 4) is 46.7 Å². The molecule has 0 aliphatic heterocycles. The van der Waals surface area contributed by atoms with Crippen molar-refractivity contribution in [3.05, 3.63) is 190 Å². The molecule has 0 saturated heterocycles.